The molecule has 26 heavy (non-hydrogen) atoms. The summed E-state index contributed by atoms with van der Waals surface area (Å²) in [4.78, 5) is 7.50. The lowest BCUT2D eigenvalue weighted by Crippen LogP contribution is -2.45. The monoisotopic (exact) mass is 474 g/mol. The minimum atomic E-state index is 0. The SMILES string of the molecule is CCNC(=NCC(C)Cn1cccn1)NC1CCN(C2CCCC2)C1.I. The number of hydrogen-bond acceptors (Lipinski definition) is 3. The third kappa shape index (κ3) is 6.40. The molecule has 1 aromatic rings. The van der Waals surface area contributed by atoms with Crippen molar-refractivity contribution in [2.45, 2.75) is 64.6 Å². The Hall–Kier alpha value is -0.830. The van der Waals surface area contributed by atoms with Crippen molar-refractivity contribution >= 4 is 29.9 Å². The van der Waals surface area contributed by atoms with Gasteiger partial charge in [-0.1, -0.05) is 19.8 Å². The highest BCUT2D eigenvalue weighted by Gasteiger charge is 2.30. The maximum Gasteiger partial charge on any atom is 0.191 e. The fourth-order valence-electron chi connectivity index (χ4n) is 4.05. The number of likely N-dealkylation sites (tertiary alicyclic amines) is 1. The lowest BCUT2D eigenvalue weighted by Gasteiger charge is -2.24. The Kier molecular flexibility index (Phi) is 9.18. The van der Waals surface area contributed by atoms with Gasteiger partial charge in [-0.05, 0) is 38.2 Å². The minimum Gasteiger partial charge on any atom is -0.357 e. The van der Waals surface area contributed by atoms with E-state index in [1.54, 1.807) is 0 Å². The summed E-state index contributed by atoms with van der Waals surface area (Å²) in [7, 11) is 0. The van der Waals surface area contributed by atoms with Crippen LogP contribution >= 0.6 is 24.0 Å². The van der Waals surface area contributed by atoms with Gasteiger partial charge in [-0.2, -0.15) is 5.10 Å². The molecule has 1 aromatic heterocycles. The highest BCUT2D eigenvalue weighted by molar-refractivity contribution is 14.0. The summed E-state index contributed by atoms with van der Waals surface area (Å²) in [5.74, 6) is 1.43. The minimum absolute atomic E-state index is 0. The fraction of sp³-hybridized carbons (Fsp3) is 0.789. The number of aliphatic imine (C=N–C) groups is 1. The first-order valence-electron chi connectivity index (χ1n) is 10.0. The largest absolute Gasteiger partial charge is 0.357 e. The van der Waals surface area contributed by atoms with Crippen LogP contribution in [0.25, 0.3) is 0 Å². The number of hydrogen-bond donors (Lipinski definition) is 2. The molecule has 6 nitrogen and oxygen atoms in total. The van der Waals surface area contributed by atoms with E-state index in [-0.39, 0.29) is 24.0 Å². The van der Waals surface area contributed by atoms with Crippen LogP contribution in [0.5, 0.6) is 0 Å². The van der Waals surface area contributed by atoms with Crippen LogP contribution in [0.4, 0.5) is 0 Å². The van der Waals surface area contributed by atoms with Gasteiger partial charge in [0, 0.05) is 57.2 Å². The third-order valence-electron chi connectivity index (χ3n) is 5.36. The number of halogens is 1. The van der Waals surface area contributed by atoms with Crippen LogP contribution in [0, 0.1) is 5.92 Å². The van der Waals surface area contributed by atoms with Gasteiger partial charge in [0.05, 0.1) is 0 Å². The van der Waals surface area contributed by atoms with Gasteiger partial charge in [0.1, 0.15) is 0 Å². The van der Waals surface area contributed by atoms with Gasteiger partial charge in [-0.3, -0.25) is 14.6 Å². The Morgan fingerprint density at radius 2 is 2.12 bits per heavy atom. The molecule has 2 N–H and O–H groups in total. The molecule has 0 bridgehead atoms. The van der Waals surface area contributed by atoms with E-state index in [0.717, 1.165) is 38.2 Å². The Balaban J connectivity index is 0.00000243. The first-order chi connectivity index (χ1) is 12.2. The number of rotatable bonds is 7. The third-order valence-corrected chi connectivity index (χ3v) is 5.36. The van der Waals surface area contributed by atoms with E-state index in [9.17, 15) is 0 Å². The highest BCUT2D eigenvalue weighted by atomic mass is 127. The van der Waals surface area contributed by atoms with E-state index >= 15 is 0 Å². The van der Waals surface area contributed by atoms with Crippen LogP contribution in [0.3, 0.4) is 0 Å². The molecule has 7 heteroatoms. The quantitative estimate of drug-likeness (QED) is 0.363. The zero-order chi connectivity index (χ0) is 17.5. The van der Waals surface area contributed by atoms with Crippen molar-refractivity contribution in [2.24, 2.45) is 10.9 Å². The molecule has 1 saturated heterocycles. The van der Waals surface area contributed by atoms with Crippen LogP contribution in [-0.4, -0.2) is 58.9 Å². The van der Waals surface area contributed by atoms with Gasteiger partial charge < -0.3 is 10.6 Å². The molecule has 2 aliphatic rings. The second-order valence-electron chi connectivity index (χ2n) is 7.62. The fourth-order valence-corrected chi connectivity index (χ4v) is 4.05. The molecule has 2 heterocycles. The highest BCUT2D eigenvalue weighted by Crippen LogP contribution is 2.26. The second kappa shape index (κ2) is 11.1. The summed E-state index contributed by atoms with van der Waals surface area (Å²) in [6.07, 6.45) is 10.7. The summed E-state index contributed by atoms with van der Waals surface area (Å²) in [6.45, 7) is 9.38. The Bertz CT molecular complexity index is 526. The second-order valence-corrected chi connectivity index (χ2v) is 7.62. The lowest BCUT2D eigenvalue weighted by atomic mass is 10.2. The topological polar surface area (TPSA) is 57.5 Å². The molecule has 1 saturated carbocycles. The number of guanidine groups is 1. The van der Waals surface area contributed by atoms with E-state index in [0.29, 0.717) is 12.0 Å². The average molecular weight is 474 g/mol. The molecule has 2 unspecified atom stereocenters. The number of nitrogens with zero attached hydrogens (tertiary/aromatic N) is 4. The molecule has 3 rings (SSSR count). The van der Waals surface area contributed by atoms with Gasteiger partial charge >= 0.3 is 0 Å². The molecule has 0 spiro atoms. The molecule has 1 aliphatic carbocycles. The molecule has 2 atom stereocenters. The molecule has 2 fully saturated rings. The van der Waals surface area contributed by atoms with Gasteiger partial charge in [0.25, 0.3) is 0 Å². The van der Waals surface area contributed by atoms with Crippen molar-refractivity contribution in [1.82, 2.24) is 25.3 Å². The summed E-state index contributed by atoms with van der Waals surface area (Å²) >= 11 is 0. The summed E-state index contributed by atoms with van der Waals surface area (Å²) in [6, 6.07) is 3.33. The van der Waals surface area contributed by atoms with Gasteiger partial charge in [-0.25, -0.2) is 0 Å². The molecular weight excluding hydrogens is 439 g/mol. The van der Waals surface area contributed by atoms with Crippen LogP contribution in [0.2, 0.25) is 0 Å². The Morgan fingerprint density at radius 3 is 2.81 bits per heavy atom. The summed E-state index contributed by atoms with van der Waals surface area (Å²) in [5.41, 5.74) is 0. The molecule has 0 radical (unpaired) electrons. The maximum absolute atomic E-state index is 4.81. The van der Waals surface area contributed by atoms with Gasteiger partial charge in [0.15, 0.2) is 5.96 Å². The van der Waals surface area contributed by atoms with E-state index in [2.05, 4.69) is 34.5 Å². The normalized spacial score (nSPS) is 23.0. The van der Waals surface area contributed by atoms with Crippen LogP contribution in [-0.2, 0) is 6.54 Å². The summed E-state index contributed by atoms with van der Waals surface area (Å²) < 4.78 is 1.98. The predicted octanol–water partition coefficient (Wildman–Crippen LogP) is 2.71. The van der Waals surface area contributed by atoms with Crippen LogP contribution < -0.4 is 10.6 Å². The molecule has 0 amide bonds. The Labute approximate surface area is 175 Å². The summed E-state index contributed by atoms with van der Waals surface area (Å²) in [5, 5.41) is 11.3. The predicted molar refractivity (Wildman–Crippen MR) is 118 cm³/mol. The van der Waals surface area contributed by atoms with Crippen molar-refractivity contribution in [3.8, 4) is 0 Å². The maximum atomic E-state index is 4.81. The first-order valence-corrected chi connectivity index (χ1v) is 10.0. The van der Waals surface area contributed by atoms with Crippen molar-refractivity contribution in [2.75, 3.05) is 26.2 Å². The van der Waals surface area contributed by atoms with Crippen LogP contribution in [0.1, 0.15) is 46.0 Å². The molecule has 1 aliphatic heterocycles. The van der Waals surface area contributed by atoms with Gasteiger partial charge in [0.2, 0.25) is 0 Å². The smallest absolute Gasteiger partial charge is 0.191 e. The van der Waals surface area contributed by atoms with E-state index < -0.39 is 0 Å². The zero-order valence-electron chi connectivity index (χ0n) is 16.2. The molecule has 148 valence electrons. The standard InChI is InChI=1S/C19H34N6.HI/c1-3-20-19(21-13-16(2)14-25-11-6-10-22-25)23-17-9-12-24(15-17)18-7-4-5-8-18;/h6,10-11,16-18H,3-5,7-9,12-15H2,1-2H3,(H2,20,21,23);1H. The van der Waals surface area contributed by atoms with E-state index in [1.807, 2.05) is 23.1 Å². The van der Waals surface area contributed by atoms with E-state index in [4.69, 9.17) is 4.99 Å². The number of aromatic nitrogens is 2. The van der Waals surface area contributed by atoms with Crippen LogP contribution in [0.15, 0.2) is 23.5 Å². The lowest BCUT2D eigenvalue weighted by molar-refractivity contribution is 0.242. The van der Waals surface area contributed by atoms with Crippen molar-refractivity contribution < 1.29 is 0 Å². The van der Waals surface area contributed by atoms with E-state index in [1.165, 1.54) is 38.6 Å². The zero-order valence-corrected chi connectivity index (χ0v) is 18.6. The molecular formula is C19H35IN6. The molecule has 0 aromatic carbocycles. The Morgan fingerprint density at radius 1 is 1.31 bits per heavy atom. The van der Waals surface area contributed by atoms with Crippen molar-refractivity contribution in [1.29, 1.82) is 0 Å². The number of nitrogens with one attached hydrogen (secondary N) is 2. The van der Waals surface area contributed by atoms with Crippen molar-refractivity contribution in [3.05, 3.63) is 18.5 Å². The average Bonchev–Trinajstić information content (AvgIpc) is 3.34. The van der Waals surface area contributed by atoms with Crippen molar-refractivity contribution in [3.63, 3.8) is 0 Å². The van der Waals surface area contributed by atoms with Gasteiger partial charge in [-0.15, -0.1) is 24.0 Å². The first kappa shape index (κ1) is 21.5.